The van der Waals surface area contributed by atoms with Crippen LogP contribution in [0.1, 0.15) is 0 Å². The van der Waals surface area contributed by atoms with E-state index in [1.54, 1.807) is 0 Å². The van der Waals surface area contributed by atoms with E-state index in [1.807, 2.05) is 23.5 Å². The lowest BCUT2D eigenvalue weighted by Gasteiger charge is -2.11. The summed E-state index contributed by atoms with van der Waals surface area (Å²) in [4.78, 5) is 10.1. The van der Waals surface area contributed by atoms with Crippen molar-refractivity contribution in [2.45, 2.75) is 0 Å². The van der Waals surface area contributed by atoms with E-state index < -0.39 is 0 Å². The van der Waals surface area contributed by atoms with Crippen LogP contribution in [-0.2, 0) is 0 Å². The Bertz CT molecular complexity index is 3160. The zero-order valence-corrected chi connectivity index (χ0v) is 31.1. The number of hydrogen-bond acceptors (Lipinski definition) is 3. The molecule has 0 saturated carbocycles. The number of nitrogens with zero attached hydrogens (tertiary/aromatic N) is 3. The molecule has 0 atom stereocenters. The van der Waals surface area contributed by atoms with Gasteiger partial charge in [-0.3, -0.25) is 0 Å². The van der Waals surface area contributed by atoms with Gasteiger partial charge < -0.3 is 4.57 Å². The van der Waals surface area contributed by atoms with Crippen molar-refractivity contribution < 1.29 is 0 Å². The van der Waals surface area contributed by atoms with Crippen LogP contribution in [0, 0.1) is 0 Å². The maximum Gasteiger partial charge on any atom is 0.160 e. The van der Waals surface area contributed by atoms with E-state index in [0.717, 1.165) is 39.3 Å². The van der Waals surface area contributed by atoms with Crippen LogP contribution in [0.5, 0.6) is 0 Å². The second-order valence-electron chi connectivity index (χ2n) is 14.2. The van der Waals surface area contributed by atoms with Crippen molar-refractivity contribution in [2.75, 3.05) is 0 Å². The molecule has 3 nitrogen and oxygen atoms in total. The summed E-state index contributed by atoms with van der Waals surface area (Å²) in [5, 5.41) is 5.05. The predicted molar refractivity (Wildman–Crippen MR) is 236 cm³/mol. The molecular formula is C52H33N3S. The average molecular weight is 732 g/mol. The van der Waals surface area contributed by atoms with Gasteiger partial charge in [0.15, 0.2) is 5.82 Å². The van der Waals surface area contributed by atoms with Gasteiger partial charge in [0.25, 0.3) is 0 Å². The lowest BCUT2D eigenvalue weighted by atomic mass is 9.98. The fraction of sp³-hybridized carbons (Fsp3) is 0. The van der Waals surface area contributed by atoms with E-state index in [-0.39, 0.29) is 0 Å². The van der Waals surface area contributed by atoms with Gasteiger partial charge in [-0.15, -0.1) is 11.3 Å². The third-order valence-electron chi connectivity index (χ3n) is 10.8. The van der Waals surface area contributed by atoms with Gasteiger partial charge in [-0.2, -0.15) is 0 Å². The van der Waals surface area contributed by atoms with Crippen LogP contribution in [0.25, 0.3) is 104 Å². The molecule has 4 heteroatoms. The monoisotopic (exact) mass is 731 g/mol. The summed E-state index contributed by atoms with van der Waals surface area (Å²) in [7, 11) is 0. The van der Waals surface area contributed by atoms with Gasteiger partial charge in [0.1, 0.15) is 0 Å². The van der Waals surface area contributed by atoms with E-state index in [0.29, 0.717) is 5.82 Å². The minimum absolute atomic E-state index is 0.707. The second kappa shape index (κ2) is 13.3. The quantitative estimate of drug-likeness (QED) is 0.170. The first-order valence-electron chi connectivity index (χ1n) is 18.9. The molecule has 3 heterocycles. The summed E-state index contributed by atoms with van der Waals surface area (Å²) < 4.78 is 5.03. The molecule has 56 heavy (non-hydrogen) atoms. The largest absolute Gasteiger partial charge is 0.309 e. The topological polar surface area (TPSA) is 30.7 Å². The first-order chi connectivity index (χ1) is 27.7. The molecule has 11 aromatic rings. The first-order valence-corrected chi connectivity index (χ1v) is 19.7. The van der Waals surface area contributed by atoms with Gasteiger partial charge in [-0.1, -0.05) is 152 Å². The Morgan fingerprint density at radius 1 is 0.357 bits per heavy atom. The second-order valence-corrected chi connectivity index (χ2v) is 15.3. The SMILES string of the molecule is c1ccc(-c2ccc3sc4ccc(-n5c6ccccc6c6c(-c7ccc(-c8nc(-c9ccccc9)cc(-c9ccccc9)n8)cc7)cccc65)cc4c3c2)cc1. The Morgan fingerprint density at radius 2 is 0.911 bits per heavy atom. The maximum absolute atomic E-state index is 5.07. The number of thiophene rings is 1. The molecule has 3 aromatic heterocycles. The van der Waals surface area contributed by atoms with Crippen LogP contribution in [0.4, 0.5) is 0 Å². The third kappa shape index (κ3) is 5.50. The van der Waals surface area contributed by atoms with Crippen LogP contribution in [0.3, 0.4) is 0 Å². The molecule has 0 amide bonds. The molecular weight excluding hydrogens is 699 g/mol. The highest BCUT2D eigenvalue weighted by Crippen LogP contribution is 2.42. The van der Waals surface area contributed by atoms with Crippen molar-refractivity contribution in [2.24, 2.45) is 0 Å². The predicted octanol–water partition coefficient (Wildman–Crippen LogP) is 14.3. The lowest BCUT2D eigenvalue weighted by Crippen LogP contribution is -1.96. The summed E-state index contributed by atoms with van der Waals surface area (Å²) in [6, 6.07) is 71.4. The fourth-order valence-electron chi connectivity index (χ4n) is 8.14. The van der Waals surface area contributed by atoms with E-state index in [4.69, 9.17) is 9.97 Å². The highest BCUT2D eigenvalue weighted by Gasteiger charge is 2.18. The van der Waals surface area contributed by atoms with Crippen LogP contribution in [0.15, 0.2) is 200 Å². The molecule has 0 spiro atoms. The van der Waals surface area contributed by atoms with Crippen molar-refractivity contribution in [3.63, 3.8) is 0 Å². The molecule has 0 bridgehead atoms. The van der Waals surface area contributed by atoms with E-state index in [2.05, 4.69) is 193 Å². The number of aromatic nitrogens is 3. The van der Waals surface area contributed by atoms with Gasteiger partial charge in [0.05, 0.1) is 22.4 Å². The number of fused-ring (bicyclic) bond motifs is 6. The van der Waals surface area contributed by atoms with Crippen LogP contribution in [0.2, 0.25) is 0 Å². The molecule has 0 radical (unpaired) electrons. The summed E-state index contributed by atoms with van der Waals surface area (Å²) in [6.07, 6.45) is 0. The van der Waals surface area contributed by atoms with Gasteiger partial charge in [0.2, 0.25) is 0 Å². The van der Waals surface area contributed by atoms with Crippen molar-refractivity contribution >= 4 is 53.3 Å². The molecule has 0 aliphatic carbocycles. The molecule has 0 saturated heterocycles. The maximum atomic E-state index is 5.07. The van der Waals surface area contributed by atoms with Gasteiger partial charge in [0, 0.05) is 53.3 Å². The van der Waals surface area contributed by atoms with Gasteiger partial charge in [-0.25, -0.2) is 9.97 Å². The zero-order valence-electron chi connectivity index (χ0n) is 30.3. The average Bonchev–Trinajstić information content (AvgIpc) is 3.82. The summed E-state index contributed by atoms with van der Waals surface area (Å²) in [6.45, 7) is 0. The number of para-hydroxylation sites is 1. The summed E-state index contributed by atoms with van der Waals surface area (Å²) in [5.41, 5.74) is 13.3. The summed E-state index contributed by atoms with van der Waals surface area (Å²) >= 11 is 1.86. The van der Waals surface area contributed by atoms with Crippen LogP contribution < -0.4 is 0 Å². The summed E-state index contributed by atoms with van der Waals surface area (Å²) in [5.74, 6) is 0.707. The van der Waals surface area contributed by atoms with Crippen molar-refractivity contribution in [1.29, 1.82) is 0 Å². The van der Waals surface area contributed by atoms with E-state index >= 15 is 0 Å². The minimum Gasteiger partial charge on any atom is -0.309 e. The molecule has 8 aromatic carbocycles. The number of rotatable bonds is 6. The third-order valence-corrected chi connectivity index (χ3v) is 12.0. The van der Waals surface area contributed by atoms with Crippen molar-refractivity contribution in [3.05, 3.63) is 200 Å². The highest BCUT2D eigenvalue weighted by atomic mass is 32.1. The van der Waals surface area contributed by atoms with Crippen molar-refractivity contribution in [1.82, 2.24) is 14.5 Å². The minimum atomic E-state index is 0.707. The number of hydrogen-bond donors (Lipinski definition) is 0. The first kappa shape index (κ1) is 32.3. The van der Waals surface area contributed by atoms with Crippen LogP contribution in [-0.4, -0.2) is 14.5 Å². The molecule has 0 unspecified atom stereocenters. The highest BCUT2D eigenvalue weighted by molar-refractivity contribution is 7.25. The standard InChI is InChI=1S/C52H33N3S/c1-4-13-34(14-5-1)39-27-29-49-43(31-39)44-32-40(28-30-50(44)56-49)55-47-21-11-10-19-42(47)51-41(20-12-22-48(51)55)35-23-25-38(26-24-35)52-53-45(36-15-6-2-7-16-36)33-46(54-52)37-17-8-3-9-18-37/h1-33H. The zero-order chi connectivity index (χ0) is 37.0. The Labute approximate surface area is 328 Å². The Kier molecular flexibility index (Phi) is 7.68. The van der Waals surface area contributed by atoms with Gasteiger partial charge in [-0.05, 0) is 70.8 Å². The molecule has 0 aliphatic heterocycles. The smallest absolute Gasteiger partial charge is 0.160 e. The normalized spacial score (nSPS) is 11.6. The molecule has 11 rings (SSSR count). The Balaban J connectivity index is 1.03. The molecule has 262 valence electrons. The van der Waals surface area contributed by atoms with Gasteiger partial charge >= 0.3 is 0 Å². The van der Waals surface area contributed by atoms with Crippen molar-refractivity contribution in [3.8, 4) is 61.8 Å². The number of benzene rings is 8. The molecule has 0 fully saturated rings. The van der Waals surface area contributed by atoms with Crippen LogP contribution >= 0.6 is 11.3 Å². The molecule has 0 N–H and O–H groups in total. The Morgan fingerprint density at radius 3 is 1.61 bits per heavy atom. The molecule has 0 aliphatic rings. The lowest BCUT2D eigenvalue weighted by molar-refractivity contribution is 1.18. The van der Waals surface area contributed by atoms with E-state index in [1.165, 1.54) is 58.7 Å². The van der Waals surface area contributed by atoms with E-state index in [9.17, 15) is 0 Å². The Hall–Kier alpha value is -7.14. The fourth-order valence-corrected chi connectivity index (χ4v) is 9.21.